The van der Waals surface area contributed by atoms with Gasteiger partial charge in [-0.25, -0.2) is 4.98 Å². The number of nitrogens with zero attached hydrogens (tertiary/aromatic N) is 2. The Labute approximate surface area is 132 Å². The molecule has 0 radical (unpaired) electrons. The van der Waals surface area contributed by atoms with Crippen LogP contribution in [0.15, 0.2) is 28.1 Å². The van der Waals surface area contributed by atoms with Crippen molar-refractivity contribution in [3.8, 4) is 0 Å². The standard InChI is InChI=1S/C16H17N3O2S/c1-9(2)13-7-12(14-10(3)19-21-16(14)18-13)15(20)17-8-11-5-4-6-22-11/h4-7,9H,8H2,1-3H3,(H,17,20). The molecule has 3 aromatic heterocycles. The second kappa shape index (κ2) is 5.88. The van der Waals surface area contributed by atoms with Crippen LogP contribution in [0, 0.1) is 6.92 Å². The Bertz CT molecular complexity index is 806. The van der Waals surface area contributed by atoms with Crippen LogP contribution in [-0.4, -0.2) is 16.0 Å². The molecule has 1 amide bonds. The maximum absolute atomic E-state index is 12.6. The van der Waals surface area contributed by atoms with Gasteiger partial charge >= 0.3 is 0 Å². The van der Waals surface area contributed by atoms with Crippen molar-refractivity contribution in [1.82, 2.24) is 15.5 Å². The molecule has 3 aromatic rings. The van der Waals surface area contributed by atoms with E-state index in [1.54, 1.807) is 11.3 Å². The lowest BCUT2D eigenvalue weighted by atomic mass is 10.0. The molecule has 0 spiro atoms. The molecule has 0 saturated carbocycles. The van der Waals surface area contributed by atoms with Crippen molar-refractivity contribution in [3.05, 3.63) is 45.4 Å². The number of hydrogen-bond donors (Lipinski definition) is 1. The summed E-state index contributed by atoms with van der Waals surface area (Å²) in [5.41, 5.74) is 2.50. The molecule has 0 aliphatic carbocycles. The van der Waals surface area contributed by atoms with E-state index in [0.717, 1.165) is 10.6 Å². The Kier molecular flexibility index (Phi) is 3.94. The lowest BCUT2D eigenvalue weighted by Crippen LogP contribution is -2.23. The molecule has 0 aliphatic rings. The fraction of sp³-hybridized carbons (Fsp3) is 0.312. The molecule has 5 nitrogen and oxygen atoms in total. The van der Waals surface area contributed by atoms with Gasteiger partial charge in [0.25, 0.3) is 11.6 Å². The number of nitrogens with one attached hydrogen (secondary N) is 1. The molecule has 1 N–H and O–H groups in total. The number of thiophene rings is 1. The van der Waals surface area contributed by atoms with Crippen molar-refractivity contribution in [1.29, 1.82) is 0 Å². The third-order valence-corrected chi connectivity index (χ3v) is 4.35. The highest BCUT2D eigenvalue weighted by Crippen LogP contribution is 2.25. The predicted molar refractivity (Wildman–Crippen MR) is 86.1 cm³/mol. The average molecular weight is 315 g/mol. The van der Waals surface area contributed by atoms with Gasteiger partial charge in [0.1, 0.15) is 0 Å². The van der Waals surface area contributed by atoms with Crippen LogP contribution in [0.4, 0.5) is 0 Å². The first-order valence-electron chi connectivity index (χ1n) is 7.13. The molecule has 0 saturated heterocycles. The molecule has 114 valence electrons. The molecule has 22 heavy (non-hydrogen) atoms. The summed E-state index contributed by atoms with van der Waals surface area (Å²) in [6.07, 6.45) is 0. The van der Waals surface area contributed by atoms with Gasteiger partial charge in [-0.2, -0.15) is 0 Å². The maximum Gasteiger partial charge on any atom is 0.259 e. The largest absolute Gasteiger partial charge is 0.347 e. The highest BCUT2D eigenvalue weighted by atomic mass is 32.1. The number of rotatable bonds is 4. The van der Waals surface area contributed by atoms with E-state index >= 15 is 0 Å². The maximum atomic E-state index is 12.6. The molecule has 0 unspecified atom stereocenters. The molecule has 3 rings (SSSR count). The van der Waals surface area contributed by atoms with E-state index in [1.165, 1.54) is 0 Å². The van der Waals surface area contributed by atoms with E-state index in [2.05, 4.69) is 15.5 Å². The molecular weight excluding hydrogens is 298 g/mol. The summed E-state index contributed by atoms with van der Waals surface area (Å²) in [4.78, 5) is 18.1. The van der Waals surface area contributed by atoms with Crippen LogP contribution >= 0.6 is 11.3 Å². The molecule has 0 atom stereocenters. The minimum Gasteiger partial charge on any atom is -0.347 e. The highest BCUT2D eigenvalue weighted by molar-refractivity contribution is 7.09. The number of aromatic nitrogens is 2. The number of amides is 1. The van der Waals surface area contributed by atoms with E-state index in [0.29, 0.717) is 28.9 Å². The quantitative estimate of drug-likeness (QED) is 0.798. The first-order chi connectivity index (χ1) is 10.6. The summed E-state index contributed by atoms with van der Waals surface area (Å²) in [5.74, 6) is 0.0765. The smallest absolute Gasteiger partial charge is 0.259 e. The lowest BCUT2D eigenvalue weighted by Gasteiger charge is -2.09. The zero-order chi connectivity index (χ0) is 15.7. The molecule has 0 fully saturated rings. The zero-order valence-corrected chi connectivity index (χ0v) is 13.5. The molecule has 0 aromatic carbocycles. The minimum atomic E-state index is -0.131. The van der Waals surface area contributed by atoms with E-state index in [-0.39, 0.29) is 11.8 Å². The van der Waals surface area contributed by atoms with Crippen molar-refractivity contribution in [2.45, 2.75) is 33.2 Å². The molecular formula is C16H17N3O2S. The van der Waals surface area contributed by atoms with Gasteiger partial charge in [-0.05, 0) is 30.4 Å². The Morgan fingerprint density at radius 3 is 2.95 bits per heavy atom. The Hall–Kier alpha value is -2.21. The average Bonchev–Trinajstić information content (AvgIpc) is 3.14. The summed E-state index contributed by atoms with van der Waals surface area (Å²) < 4.78 is 5.24. The van der Waals surface area contributed by atoms with E-state index in [4.69, 9.17) is 4.52 Å². The van der Waals surface area contributed by atoms with Crippen LogP contribution in [0.25, 0.3) is 11.1 Å². The first-order valence-corrected chi connectivity index (χ1v) is 8.01. The van der Waals surface area contributed by atoms with Gasteiger partial charge in [0.2, 0.25) is 0 Å². The molecule has 0 bridgehead atoms. The van der Waals surface area contributed by atoms with Crippen molar-refractivity contribution in [3.63, 3.8) is 0 Å². The van der Waals surface area contributed by atoms with Gasteiger partial charge in [0, 0.05) is 10.6 Å². The number of carbonyl (C=O) groups is 1. The van der Waals surface area contributed by atoms with E-state index in [1.807, 2.05) is 44.4 Å². The fourth-order valence-corrected chi connectivity index (χ4v) is 2.91. The lowest BCUT2D eigenvalue weighted by molar-refractivity contribution is 0.0952. The van der Waals surface area contributed by atoms with Gasteiger partial charge in [-0.3, -0.25) is 4.79 Å². The summed E-state index contributed by atoms with van der Waals surface area (Å²) in [6.45, 7) is 6.40. The van der Waals surface area contributed by atoms with Crippen molar-refractivity contribution < 1.29 is 9.32 Å². The number of pyridine rings is 1. The fourth-order valence-electron chi connectivity index (χ4n) is 2.26. The van der Waals surface area contributed by atoms with Crippen molar-refractivity contribution >= 4 is 28.3 Å². The van der Waals surface area contributed by atoms with E-state index in [9.17, 15) is 4.79 Å². The van der Waals surface area contributed by atoms with E-state index < -0.39 is 0 Å². The molecule has 0 aliphatic heterocycles. The first kappa shape index (κ1) is 14.7. The van der Waals surface area contributed by atoms with Gasteiger partial charge in [0.15, 0.2) is 0 Å². The molecule has 6 heteroatoms. The second-order valence-corrected chi connectivity index (χ2v) is 6.49. The summed E-state index contributed by atoms with van der Waals surface area (Å²) >= 11 is 1.62. The predicted octanol–water partition coefficient (Wildman–Crippen LogP) is 3.65. The number of hydrogen-bond acceptors (Lipinski definition) is 5. The van der Waals surface area contributed by atoms with Gasteiger partial charge in [-0.15, -0.1) is 11.3 Å². The van der Waals surface area contributed by atoms with Crippen LogP contribution in [0.3, 0.4) is 0 Å². The Balaban J connectivity index is 1.96. The third-order valence-electron chi connectivity index (χ3n) is 3.48. The summed E-state index contributed by atoms with van der Waals surface area (Å²) in [6, 6.07) is 5.80. The van der Waals surface area contributed by atoms with Crippen molar-refractivity contribution in [2.75, 3.05) is 0 Å². The van der Waals surface area contributed by atoms with Gasteiger partial charge < -0.3 is 9.84 Å². The number of carbonyl (C=O) groups excluding carboxylic acids is 1. The minimum absolute atomic E-state index is 0.131. The summed E-state index contributed by atoms with van der Waals surface area (Å²) in [7, 11) is 0. The highest BCUT2D eigenvalue weighted by Gasteiger charge is 2.19. The van der Waals surface area contributed by atoms with Crippen LogP contribution in [0.5, 0.6) is 0 Å². The monoisotopic (exact) mass is 315 g/mol. The van der Waals surface area contributed by atoms with Crippen LogP contribution < -0.4 is 5.32 Å². The number of fused-ring (bicyclic) bond motifs is 1. The SMILES string of the molecule is Cc1noc2nc(C(C)C)cc(C(=O)NCc3cccs3)c12. The Morgan fingerprint density at radius 2 is 2.27 bits per heavy atom. The normalized spacial score (nSPS) is 11.3. The summed E-state index contributed by atoms with van der Waals surface area (Å²) in [5, 5.41) is 9.57. The number of aryl methyl sites for hydroxylation is 1. The third kappa shape index (κ3) is 2.74. The van der Waals surface area contributed by atoms with Crippen molar-refractivity contribution in [2.24, 2.45) is 0 Å². The van der Waals surface area contributed by atoms with Crippen LogP contribution in [-0.2, 0) is 6.54 Å². The molecule has 3 heterocycles. The Morgan fingerprint density at radius 1 is 1.45 bits per heavy atom. The van der Waals surface area contributed by atoms with Gasteiger partial charge in [0.05, 0.1) is 23.2 Å². The van der Waals surface area contributed by atoms with Gasteiger partial charge in [-0.1, -0.05) is 25.1 Å². The van der Waals surface area contributed by atoms with Crippen LogP contribution in [0.2, 0.25) is 0 Å². The topological polar surface area (TPSA) is 68.0 Å². The second-order valence-electron chi connectivity index (χ2n) is 5.46. The van der Waals surface area contributed by atoms with Crippen LogP contribution in [0.1, 0.15) is 46.4 Å². The zero-order valence-electron chi connectivity index (χ0n) is 12.7.